The molecule has 0 N–H and O–H groups in total. The molecule has 0 amide bonds. The van der Waals surface area contributed by atoms with Gasteiger partial charge in [-0.2, -0.15) is 0 Å². The number of hydrogen-bond acceptors (Lipinski definition) is 4. The fourth-order valence-electron chi connectivity index (χ4n) is 2.11. The second-order valence-electron chi connectivity index (χ2n) is 5.64. The lowest BCUT2D eigenvalue weighted by Gasteiger charge is -2.18. The van der Waals surface area contributed by atoms with Gasteiger partial charge in [-0.05, 0) is 25.0 Å². The topological polar surface area (TPSA) is 44.8 Å². The minimum absolute atomic E-state index is 0.402. The van der Waals surface area contributed by atoms with E-state index < -0.39 is 7.82 Å². The van der Waals surface area contributed by atoms with Crippen molar-refractivity contribution in [2.45, 2.75) is 65.2 Å². The minimum Gasteiger partial charge on any atom is -0.404 e. The molecule has 0 radical (unpaired) electrons. The van der Waals surface area contributed by atoms with Gasteiger partial charge in [0.1, 0.15) is 5.75 Å². The molecule has 0 unspecified atom stereocenters. The van der Waals surface area contributed by atoms with Crippen molar-refractivity contribution in [2.75, 3.05) is 13.2 Å². The zero-order chi connectivity index (χ0) is 16.8. The molecule has 0 bridgehead atoms. The lowest BCUT2D eigenvalue weighted by Crippen LogP contribution is -2.05. The van der Waals surface area contributed by atoms with E-state index in [1.54, 1.807) is 12.1 Å². The molecule has 0 aromatic heterocycles. The van der Waals surface area contributed by atoms with Crippen LogP contribution >= 0.6 is 7.82 Å². The number of para-hydroxylation sites is 1. The summed E-state index contributed by atoms with van der Waals surface area (Å²) in [6.45, 7) is 5.12. The van der Waals surface area contributed by atoms with E-state index >= 15 is 0 Å². The van der Waals surface area contributed by atoms with Crippen LogP contribution in [0.5, 0.6) is 5.75 Å². The van der Waals surface area contributed by atoms with Crippen LogP contribution in [0.25, 0.3) is 0 Å². The molecule has 132 valence electrons. The summed E-state index contributed by atoms with van der Waals surface area (Å²) in [5.41, 5.74) is 0. The average molecular weight is 342 g/mol. The van der Waals surface area contributed by atoms with Crippen LogP contribution in [0.3, 0.4) is 0 Å². The summed E-state index contributed by atoms with van der Waals surface area (Å²) < 4.78 is 29.3. The Labute approximate surface area is 141 Å². The van der Waals surface area contributed by atoms with Gasteiger partial charge in [0.2, 0.25) is 0 Å². The van der Waals surface area contributed by atoms with Gasteiger partial charge in [-0.15, -0.1) is 0 Å². The molecule has 5 heteroatoms. The van der Waals surface area contributed by atoms with Gasteiger partial charge in [0.25, 0.3) is 0 Å². The minimum atomic E-state index is -3.54. The van der Waals surface area contributed by atoms with Gasteiger partial charge >= 0.3 is 7.82 Å². The van der Waals surface area contributed by atoms with Crippen molar-refractivity contribution in [2.24, 2.45) is 0 Å². The Balaban J connectivity index is 2.47. The number of phosphoric acid groups is 1. The van der Waals surface area contributed by atoms with E-state index in [1.165, 1.54) is 0 Å². The first-order chi connectivity index (χ1) is 11.2. The maximum Gasteiger partial charge on any atom is 0.530 e. The molecule has 0 saturated heterocycles. The summed E-state index contributed by atoms with van der Waals surface area (Å²) in [5.74, 6) is 0.512. The van der Waals surface area contributed by atoms with Gasteiger partial charge in [0, 0.05) is 0 Å². The molecule has 0 aliphatic rings. The van der Waals surface area contributed by atoms with Crippen molar-refractivity contribution in [1.82, 2.24) is 0 Å². The average Bonchev–Trinajstić information content (AvgIpc) is 2.55. The second kappa shape index (κ2) is 12.6. The third-order valence-electron chi connectivity index (χ3n) is 3.46. The monoisotopic (exact) mass is 342 g/mol. The third kappa shape index (κ3) is 9.80. The molecular weight excluding hydrogens is 311 g/mol. The van der Waals surface area contributed by atoms with Crippen LogP contribution in [0.15, 0.2) is 30.3 Å². The SMILES string of the molecule is CCCCCCOP(=O)(OCCCCCC)Oc1ccccc1. The Bertz CT molecular complexity index is 418. The van der Waals surface area contributed by atoms with Crippen LogP contribution in [0.2, 0.25) is 0 Å². The lowest BCUT2D eigenvalue weighted by molar-refractivity contribution is 0.151. The zero-order valence-corrected chi connectivity index (χ0v) is 15.4. The molecule has 0 fully saturated rings. The fourth-order valence-corrected chi connectivity index (χ4v) is 3.38. The highest BCUT2D eigenvalue weighted by Crippen LogP contribution is 2.49. The van der Waals surface area contributed by atoms with E-state index in [-0.39, 0.29) is 0 Å². The number of phosphoric ester groups is 1. The molecule has 1 rings (SSSR count). The largest absolute Gasteiger partial charge is 0.530 e. The van der Waals surface area contributed by atoms with Gasteiger partial charge in [-0.25, -0.2) is 4.57 Å². The molecular formula is C18H31O4P. The van der Waals surface area contributed by atoms with Crippen LogP contribution in [-0.2, 0) is 13.6 Å². The van der Waals surface area contributed by atoms with Gasteiger partial charge in [0.15, 0.2) is 0 Å². The first kappa shape index (κ1) is 20.2. The first-order valence-electron chi connectivity index (χ1n) is 8.84. The van der Waals surface area contributed by atoms with Crippen molar-refractivity contribution in [1.29, 1.82) is 0 Å². The van der Waals surface area contributed by atoms with E-state index in [2.05, 4.69) is 13.8 Å². The van der Waals surface area contributed by atoms with E-state index in [9.17, 15) is 4.57 Å². The third-order valence-corrected chi connectivity index (χ3v) is 4.89. The van der Waals surface area contributed by atoms with E-state index in [1.807, 2.05) is 18.2 Å². The number of unbranched alkanes of at least 4 members (excludes halogenated alkanes) is 6. The van der Waals surface area contributed by atoms with E-state index in [0.717, 1.165) is 51.4 Å². The van der Waals surface area contributed by atoms with Crippen LogP contribution in [-0.4, -0.2) is 13.2 Å². The summed E-state index contributed by atoms with van der Waals surface area (Å²) in [6, 6.07) is 9.07. The molecule has 4 nitrogen and oxygen atoms in total. The molecule has 0 aliphatic heterocycles. The molecule has 23 heavy (non-hydrogen) atoms. The first-order valence-corrected chi connectivity index (χ1v) is 10.3. The molecule has 1 aromatic rings. The summed E-state index contributed by atoms with van der Waals surface area (Å²) >= 11 is 0. The predicted octanol–water partition coefficient (Wildman–Crippen LogP) is 6.37. The Morgan fingerprint density at radius 2 is 1.30 bits per heavy atom. The van der Waals surface area contributed by atoms with Crippen molar-refractivity contribution in [3.8, 4) is 5.75 Å². The number of benzene rings is 1. The maximum atomic E-state index is 12.8. The fraction of sp³-hybridized carbons (Fsp3) is 0.667. The Morgan fingerprint density at radius 3 is 1.78 bits per heavy atom. The Morgan fingerprint density at radius 1 is 0.783 bits per heavy atom. The van der Waals surface area contributed by atoms with Crippen LogP contribution in [0, 0.1) is 0 Å². The summed E-state index contributed by atoms with van der Waals surface area (Å²) in [4.78, 5) is 0. The second-order valence-corrected chi connectivity index (χ2v) is 7.23. The standard InChI is InChI=1S/C18H31O4P/c1-3-5-7-12-16-20-23(19,21-17-13-8-6-4-2)22-18-14-10-9-11-15-18/h9-11,14-15H,3-8,12-13,16-17H2,1-2H3. The van der Waals surface area contributed by atoms with Crippen LogP contribution < -0.4 is 4.52 Å². The van der Waals surface area contributed by atoms with Crippen molar-refractivity contribution in [3.63, 3.8) is 0 Å². The molecule has 0 saturated carbocycles. The van der Waals surface area contributed by atoms with Gasteiger partial charge < -0.3 is 4.52 Å². The predicted molar refractivity (Wildman–Crippen MR) is 94.9 cm³/mol. The van der Waals surface area contributed by atoms with E-state index in [4.69, 9.17) is 13.6 Å². The molecule has 0 spiro atoms. The smallest absolute Gasteiger partial charge is 0.404 e. The zero-order valence-electron chi connectivity index (χ0n) is 14.5. The summed E-state index contributed by atoms with van der Waals surface area (Å²) in [7, 11) is -3.54. The quantitative estimate of drug-likeness (QED) is 0.291. The maximum absolute atomic E-state index is 12.8. The van der Waals surface area contributed by atoms with Crippen LogP contribution in [0.4, 0.5) is 0 Å². The lowest BCUT2D eigenvalue weighted by atomic mass is 10.2. The highest BCUT2D eigenvalue weighted by Gasteiger charge is 2.28. The summed E-state index contributed by atoms with van der Waals surface area (Å²) in [6.07, 6.45) is 8.51. The van der Waals surface area contributed by atoms with Crippen LogP contribution in [0.1, 0.15) is 65.2 Å². The molecule has 1 aromatic carbocycles. The molecule has 0 heterocycles. The summed E-state index contributed by atoms with van der Waals surface area (Å²) in [5, 5.41) is 0. The normalized spacial score (nSPS) is 11.6. The van der Waals surface area contributed by atoms with Gasteiger partial charge in [0.05, 0.1) is 13.2 Å². The van der Waals surface area contributed by atoms with Crippen molar-refractivity contribution in [3.05, 3.63) is 30.3 Å². The van der Waals surface area contributed by atoms with Gasteiger partial charge in [-0.3, -0.25) is 9.05 Å². The highest BCUT2D eigenvalue weighted by atomic mass is 31.2. The number of hydrogen-bond donors (Lipinski definition) is 0. The number of rotatable bonds is 14. The Kier molecular flexibility index (Phi) is 11.1. The molecule has 0 aliphatic carbocycles. The van der Waals surface area contributed by atoms with Crippen molar-refractivity contribution < 1.29 is 18.1 Å². The van der Waals surface area contributed by atoms with E-state index in [0.29, 0.717) is 19.0 Å². The molecule has 0 atom stereocenters. The highest BCUT2D eigenvalue weighted by molar-refractivity contribution is 7.48. The Hall–Kier alpha value is -0.830. The van der Waals surface area contributed by atoms with Crippen molar-refractivity contribution >= 4 is 7.82 Å². The van der Waals surface area contributed by atoms with Gasteiger partial charge in [-0.1, -0.05) is 70.6 Å².